The Morgan fingerprint density at radius 1 is 1.11 bits per heavy atom. The number of hydrogen-bond donors (Lipinski definition) is 1. The van der Waals surface area contributed by atoms with Gasteiger partial charge in [0, 0.05) is 44.6 Å². The number of nitrogens with one attached hydrogen (secondary N) is 1. The van der Waals surface area contributed by atoms with Gasteiger partial charge in [-0.05, 0) is 30.7 Å². The SMILES string of the molecule is CNC(=O)CCC(=O)N1CCCN1C(=O)C=Cc1cc(OC)ccc1OC. The number of nitrogens with zero attached hydrogens (tertiary/aromatic N) is 2. The first-order valence-corrected chi connectivity index (χ1v) is 8.72. The molecule has 0 radical (unpaired) electrons. The molecule has 27 heavy (non-hydrogen) atoms. The summed E-state index contributed by atoms with van der Waals surface area (Å²) in [6, 6.07) is 5.29. The molecule has 1 aromatic rings. The van der Waals surface area contributed by atoms with Crippen LogP contribution in [0.2, 0.25) is 0 Å². The first kappa shape index (κ1) is 20.3. The van der Waals surface area contributed by atoms with Gasteiger partial charge in [-0.25, -0.2) is 5.01 Å². The van der Waals surface area contributed by atoms with Crippen LogP contribution in [0.1, 0.15) is 24.8 Å². The maximum atomic E-state index is 12.6. The Morgan fingerprint density at radius 2 is 1.85 bits per heavy atom. The smallest absolute Gasteiger partial charge is 0.265 e. The predicted molar refractivity (Wildman–Crippen MR) is 99.9 cm³/mol. The highest BCUT2D eigenvalue weighted by Crippen LogP contribution is 2.25. The largest absolute Gasteiger partial charge is 0.497 e. The number of ether oxygens (including phenoxy) is 2. The van der Waals surface area contributed by atoms with Gasteiger partial charge in [0.15, 0.2) is 0 Å². The zero-order valence-electron chi connectivity index (χ0n) is 15.9. The van der Waals surface area contributed by atoms with Gasteiger partial charge in [0.25, 0.3) is 5.91 Å². The van der Waals surface area contributed by atoms with Crippen LogP contribution in [0.25, 0.3) is 6.08 Å². The average molecular weight is 375 g/mol. The highest BCUT2D eigenvalue weighted by atomic mass is 16.5. The summed E-state index contributed by atoms with van der Waals surface area (Å²) >= 11 is 0. The molecular weight excluding hydrogens is 350 g/mol. The summed E-state index contributed by atoms with van der Waals surface area (Å²) in [5.74, 6) is 0.516. The fraction of sp³-hybridized carbons (Fsp3) is 0.421. The Balaban J connectivity index is 2.07. The first-order valence-electron chi connectivity index (χ1n) is 8.72. The highest BCUT2D eigenvalue weighted by Gasteiger charge is 2.29. The van der Waals surface area contributed by atoms with Crippen LogP contribution in [0.5, 0.6) is 11.5 Å². The van der Waals surface area contributed by atoms with E-state index in [0.29, 0.717) is 36.6 Å². The minimum Gasteiger partial charge on any atom is -0.497 e. The van der Waals surface area contributed by atoms with E-state index in [9.17, 15) is 14.4 Å². The van der Waals surface area contributed by atoms with Crippen LogP contribution in [0.3, 0.4) is 0 Å². The monoisotopic (exact) mass is 375 g/mol. The van der Waals surface area contributed by atoms with Crippen LogP contribution < -0.4 is 14.8 Å². The van der Waals surface area contributed by atoms with Crippen molar-refractivity contribution >= 4 is 23.8 Å². The van der Waals surface area contributed by atoms with Gasteiger partial charge in [-0.3, -0.25) is 19.4 Å². The van der Waals surface area contributed by atoms with Gasteiger partial charge in [0.1, 0.15) is 11.5 Å². The lowest BCUT2D eigenvalue weighted by atomic mass is 10.1. The lowest BCUT2D eigenvalue weighted by Gasteiger charge is -2.26. The van der Waals surface area contributed by atoms with Crippen LogP contribution in [-0.2, 0) is 14.4 Å². The number of amides is 3. The zero-order chi connectivity index (χ0) is 19.8. The van der Waals surface area contributed by atoms with E-state index in [0.717, 1.165) is 0 Å². The molecule has 0 bridgehead atoms. The quantitative estimate of drug-likeness (QED) is 0.724. The molecular formula is C19H25N3O5. The lowest BCUT2D eigenvalue weighted by molar-refractivity contribution is -0.155. The molecule has 146 valence electrons. The third-order valence-electron chi connectivity index (χ3n) is 4.26. The fourth-order valence-electron chi connectivity index (χ4n) is 2.79. The molecule has 0 aromatic heterocycles. The van der Waals surface area contributed by atoms with Crippen molar-refractivity contribution in [2.24, 2.45) is 0 Å². The molecule has 1 aliphatic rings. The number of rotatable bonds is 7. The Kier molecular flexibility index (Phi) is 7.22. The van der Waals surface area contributed by atoms with Crippen molar-refractivity contribution in [2.45, 2.75) is 19.3 Å². The molecule has 8 nitrogen and oxygen atoms in total. The molecule has 0 spiro atoms. The molecule has 0 atom stereocenters. The average Bonchev–Trinajstić information content (AvgIpc) is 3.19. The molecule has 1 heterocycles. The zero-order valence-corrected chi connectivity index (χ0v) is 15.9. The molecule has 1 fully saturated rings. The van der Waals surface area contributed by atoms with Crippen LogP contribution in [0.15, 0.2) is 24.3 Å². The van der Waals surface area contributed by atoms with E-state index < -0.39 is 0 Å². The minimum atomic E-state index is -0.300. The fourth-order valence-corrected chi connectivity index (χ4v) is 2.79. The number of benzene rings is 1. The number of hydrazine groups is 1. The molecule has 0 saturated carbocycles. The summed E-state index contributed by atoms with van der Waals surface area (Å²) in [6.07, 6.45) is 3.91. The van der Waals surface area contributed by atoms with Gasteiger partial charge in [-0.1, -0.05) is 0 Å². The summed E-state index contributed by atoms with van der Waals surface area (Å²) < 4.78 is 10.5. The predicted octanol–water partition coefficient (Wildman–Crippen LogP) is 1.22. The molecule has 1 aliphatic heterocycles. The van der Waals surface area contributed by atoms with Crippen LogP contribution in [0.4, 0.5) is 0 Å². The van der Waals surface area contributed by atoms with Crippen molar-refractivity contribution in [2.75, 3.05) is 34.4 Å². The molecule has 0 unspecified atom stereocenters. The number of carbonyl (C=O) groups excluding carboxylic acids is 3. The third-order valence-corrected chi connectivity index (χ3v) is 4.26. The Labute approximate surface area is 158 Å². The Bertz CT molecular complexity index is 732. The van der Waals surface area contributed by atoms with E-state index in [1.807, 2.05) is 0 Å². The van der Waals surface area contributed by atoms with Crippen molar-refractivity contribution in [1.29, 1.82) is 0 Å². The second-order valence-corrected chi connectivity index (χ2v) is 5.95. The van der Waals surface area contributed by atoms with Crippen LogP contribution >= 0.6 is 0 Å². The van der Waals surface area contributed by atoms with Gasteiger partial charge < -0.3 is 14.8 Å². The summed E-state index contributed by atoms with van der Waals surface area (Å²) in [4.78, 5) is 36.2. The Morgan fingerprint density at radius 3 is 2.52 bits per heavy atom. The van der Waals surface area contributed by atoms with Crippen LogP contribution in [-0.4, -0.2) is 62.1 Å². The maximum Gasteiger partial charge on any atom is 0.265 e. The summed E-state index contributed by atoms with van der Waals surface area (Å²) in [5, 5.41) is 5.31. The molecule has 8 heteroatoms. The molecule has 1 aromatic carbocycles. The van der Waals surface area contributed by atoms with E-state index in [1.54, 1.807) is 38.5 Å². The molecule has 3 amide bonds. The number of methoxy groups -OCH3 is 2. The minimum absolute atomic E-state index is 0.0663. The van der Waals surface area contributed by atoms with E-state index in [1.165, 1.54) is 23.1 Å². The summed E-state index contributed by atoms with van der Waals surface area (Å²) in [7, 11) is 4.64. The standard InChI is InChI=1S/C19H25N3O5/c1-20-17(23)8-10-19(25)22-12-4-11-21(22)18(24)9-5-14-13-15(26-2)6-7-16(14)27-3/h5-7,9,13H,4,8,10-12H2,1-3H3,(H,20,23). The van der Waals surface area contributed by atoms with E-state index in [2.05, 4.69) is 5.32 Å². The lowest BCUT2D eigenvalue weighted by Crippen LogP contribution is -2.44. The first-order chi connectivity index (χ1) is 13.0. The summed E-state index contributed by atoms with van der Waals surface area (Å²) in [6.45, 7) is 0.929. The molecule has 1 N–H and O–H groups in total. The second-order valence-electron chi connectivity index (χ2n) is 5.95. The highest BCUT2D eigenvalue weighted by molar-refractivity contribution is 5.94. The van der Waals surface area contributed by atoms with Gasteiger partial charge in [-0.15, -0.1) is 0 Å². The van der Waals surface area contributed by atoms with Crippen molar-refractivity contribution in [3.63, 3.8) is 0 Å². The summed E-state index contributed by atoms with van der Waals surface area (Å²) in [5.41, 5.74) is 0.696. The van der Waals surface area contributed by atoms with Gasteiger partial charge in [0.05, 0.1) is 14.2 Å². The van der Waals surface area contributed by atoms with Crippen LogP contribution in [0, 0.1) is 0 Å². The van der Waals surface area contributed by atoms with Gasteiger partial charge >= 0.3 is 0 Å². The number of hydrogen-bond acceptors (Lipinski definition) is 5. The van der Waals surface area contributed by atoms with Crippen molar-refractivity contribution in [3.05, 3.63) is 29.8 Å². The van der Waals surface area contributed by atoms with Gasteiger partial charge in [-0.2, -0.15) is 0 Å². The maximum absolute atomic E-state index is 12.6. The Hall–Kier alpha value is -3.03. The third kappa shape index (κ3) is 5.22. The van der Waals surface area contributed by atoms with Crippen molar-refractivity contribution in [3.8, 4) is 11.5 Å². The van der Waals surface area contributed by atoms with Crippen molar-refractivity contribution < 1.29 is 23.9 Å². The van der Waals surface area contributed by atoms with E-state index in [-0.39, 0.29) is 30.6 Å². The van der Waals surface area contributed by atoms with Crippen molar-refractivity contribution in [1.82, 2.24) is 15.3 Å². The van der Waals surface area contributed by atoms with E-state index in [4.69, 9.17) is 9.47 Å². The van der Waals surface area contributed by atoms with E-state index >= 15 is 0 Å². The topological polar surface area (TPSA) is 88.2 Å². The normalized spacial score (nSPS) is 13.7. The second kappa shape index (κ2) is 9.61. The molecule has 0 aliphatic carbocycles. The molecule has 1 saturated heterocycles. The van der Waals surface area contributed by atoms with Gasteiger partial charge in [0.2, 0.25) is 11.8 Å². The molecule has 2 rings (SSSR count). The number of carbonyl (C=O) groups is 3.